The lowest BCUT2D eigenvalue weighted by atomic mass is 10.1. The highest BCUT2D eigenvalue weighted by Gasteiger charge is 2.00. The van der Waals surface area contributed by atoms with Crippen LogP contribution in [0.5, 0.6) is 0 Å². The van der Waals surface area contributed by atoms with Gasteiger partial charge in [0.05, 0.1) is 29.8 Å². The minimum atomic E-state index is 0.209. The molecule has 0 amide bonds. The molecule has 0 bridgehead atoms. The molecule has 5 nitrogen and oxygen atoms in total. The standard InChI is InChI=1S/C8H5BrClN.C8H5ClN4/c9-4-7-2-1-6(5-11)3-8(7)10;9-8-3-6(4-10)1-2-7(8)5-12-13-11/h1-3H,4H2;1-3H,5H2. The maximum absolute atomic E-state index is 8.54. The summed E-state index contributed by atoms with van der Waals surface area (Å²) in [7, 11) is 0. The van der Waals surface area contributed by atoms with Crippen molar-refractivity contribution >= 4 is 39.1 Å². The number of rotatable bonds is 3. The average molecular weight is 423 g/mol. The monoisotopic (exact) mass is 421 g/mol. The van der Waals surface area contributed by atoms with E-state index in [-0.39, 0.29) is 6.54 Å². The average Bonchev–Trinajstić information content (AvgIpc) is 2.61. The van der Waals surface area contributed by atoms with E-state index in [1.165, 1.54) is 0 Å². The Morgan fingerprint density at radius 2 is 1.50 bits per heavy atom. The van der Waals surface area contributed by atoms with E-state index in [0.717, 1.165) is 16.5 Å². The van der Waals surface area contributed by atoms with Crippen molar-refractivity contribution < 1.29 is 0 Å². The Labute approximate surface area is 157 Å². The van der Waals surface area contributed by atoms with Crippen LogP contribution in [0.2, 0.25) is 10.0 Å². The van der Waals surface area contributed by atoms with Crippen LogP contribution in [0.15, 0.2) is 41.5 Å². The molecule has 0 heterocycles. The smallest absolute Gasteiger partial charge is 0.0992 e. The van der Waals surface area contributed by atoms with Crippen molar-refractivity contribution in [1.82, 2.24) is 0 Å². The van der Waals surface area contributed by atoms with Gasteiger partial charge < -0.3 is 0 Å². The number of hydrogen-bond acceptors (Lipinski definition) is 3. The molecular formula is C16H10BrCl2N5. The van der Waals surface area contributed by atoms with Gasteiger partial charge in [0.1, 0.15) is 0 Å². The molecule has 2 aromatic carbocycles. The normalized spacial score (nSPS) is 8.88. The second-order valence-electron chi connectivity index (χ2n) is 4.36. The summed E-state index contributed by atoms with van der Waals surface area (Å²) in [5.74, 6) is 0. The van der Waals surface area contributed by atoms with Gasteiger partial charge >= 0.3 is 0 Å². The molecule has 2 rings (SSSR count). The first-order chi connectivity index (χ1) is 11.5. The lowest BCUT2D eigenvalue weighted by molar-refractivity contribution is 1.05. The van der Waals surface area contributed by atoms with Crippen LogP contribution in [0.3, 0.4) is 0 Å². The predicted molar refractivity (Wildman–Crippen MR) is 97.8 cm³/mol. The minimum Gasteiger partial charge on any atom is -0.192 e. The Bertz CT molecular complexity index is 849. The fourth-order valence-electron chi connectivity index (χ4n) is 1.58. The third-order valence-corrected chi connectivity index (χ3v) is 4.12. The van der Waals surface area contributed by atoms with Gasteiger partial charge in [0.25, 0.3) is 0 Å². The molecule has 120 valence electrons. The molecule has 0 fully saturated rings. The zero-order valence-electron chi connectivity index (χ0n) is 12.2. The summed E-state index contributed by atoms with van der Waals surface area (Å²) in [5.41, 5.74) is 10.9. The maximum Gasteiger partial charge on any atom is 0.0992 e. The Hall–Kier alpha value is -2.21. The molecule has 0 N–H and O–H groups in total. The fraction of sp³-hybridized carbons (Fsp3) is 0.125. The molecular weight excluding hydrogens is 413 g/mol. The number of hydrogen-bond donors (Lipinski definition) is 0. The van der Waals surface area contributed by atoms with Crippen LogP contribution in [0.1, 0.15) is 22.3 Å². The molecule has 0 aliphatic carbocycles. The van der Waals surface area contributed by atoms with Gasteiger partial charge in [-0.3, -0.25) is 0 Å². The third kappa shape index (κ3) is 6.12. The first kappa shape index (κ1) is 19.8. The highest BCUT2D eigenvalue weighted by molar-refractivity contribution is 9.08. The quantitative estimate of drug-likeness (QED) is 0.257. The lowest BCUT2D eigenvalue weighted by Crippen LogP contribution is -1.83. The van der Waals surface area contributed by atoms with Gasteiger partial charge in [-0.25, -0.2) is 0 Å². The molecule has 0 unspecified atom stereocenters. The molecule has 2 aromatic rings. The van der Waals surface area contributed by atoms with Crippen LogP contribution in [0.4, 0.5) is 0 Å². The van der Waals surface area contributed by atoms with Crippen LogP contribution >= 0.6 is 39.1 Å². The molecule has 0 radical (unpaired) electrons. The molecule has 0 spiro atoms. The second-order valence-corrected chi connectivity index (χ2v) is 5.73. The largest absolute Gasteiger partial charge is 0.192 e. The van der Waals surface area contributed by atoms with E-state index >= 15 is 0 Å². The van der Waals surface area contributed by atoms with E-state index < -0.39 is 0 Å². The summed E-state index contributed by atoms with van der Waals surface area (Å²) in [4.78, 5) is 2.62. The van der Waals surface area contributed by atoms with Crippen molar-refractivity contribution in [3.05, 3.63) is 79.1 Å². The number of nitriles is 2. The predicted octanol–water partition coefficient (Wildman–Crippen LogP) is 6.13. The van der Waals surface area contributed by atoms with E-state index in [2.05, 4.69) is 26.0 Å². The Morgan fingerprint density at radius 1 is 1.00 bits per heavy atom. The zero-order chi connectivity index (χ0) is 17.9. The van der Waals surface area contributed by atoms with Gasteiger partial charge in [-0.15, -0.1) is 0 Å². The first-order valence-electron chi connectivity index (χ1n) is 6.49. The molecule has 0 saturated heterocycles. The minimum absolute atomic E-state index is 0.209. The van der Waals surface area contributed by atoms with Crippen molar-refractivity contribution in [2.75, 3.05) is 0 Å². The van der Waals surface area contributed by atoms with Gasteiger partial charge in [0.2, 0.25) is 0 Å². The number of alkyl halides is 1. The SMILES string of the molecule is N#Cc1ccc(CBr)c(Cl)c1.N#Cc1ccc(CN=[N+]=[N-])c(Cl)c1. The molecule has 8 heteroatoms. The van der Waals surface area contributed by atoms with Crippen LogP contribution in [0, 0.1) is 22.7 Å². The van der Waals surface area contributed by atoms with E-state index in [9.17, 15) is 0 Å². The highest BCUT2D eigenvalue weighted by atomic mass is 79.9. The Kier molecular flexibility index (Phi) is 8.71. The van der Waals surface area contributed by atoms with Gasteiger partial charge in [-0.05, 0) is 40.9 Å². The Morgan fingerprint density at radius 3 is 1.88 bits per heavy atom. The van der Waals surface area contributed by atoms with E-state index in [1.807, 2.05) is 18.2 Å². The van der Waals surface area contributed by atoms with Crippen LogP contribution < -0.4 is 0 Å². The van der Waals surface area contributed by atoms with Crippen molar-refractivity contribution in [2.24, 2.45) is 5.11 Å². The van der Waals surface area contributed by atoms with E-state index in [0.29, 0.717) is 21.2 Å². The summed E-state index contributed by atoms with van der Waals surface area (Å²) in [6.45, 7) is 0.209. The molecule has 24 heavy (non-hydrogen) atoms. The summed E-state index contributed by atoms with van der Waals surface area (Å²) in [6, 6.07) is 14.1. The number of benzene rings is 2. The third-order valence-electron chi connectivity index (χ3n) is 2.81. The summed E-state index contributed by atoms with van der Waals surface area (Å²) in [6.07, 6.45) is 0. The number of nitrogens with zero attached hydrogens (tertiary/aromatic N) is 5. The molecule has 0 saturated carbocycles. The van der Waals surface area contributed by atoms with E-state index in [4.69, 9.17) is 39.3 Å². The number of halogens is 3. The van der Waals surface area contributed by atoms with Crippen LogP contribution in [-0.2, 0) is 11.9 Å². The lowest BCUT2D eigenvalue weighted by Gasteiger charge is -1.98. The van der Waals surface area contributed by atoms with Crippen molar-refractivity contribution in [3.8, 4) is 12.1 Å². The van der Waals surface area contributed by atoms with Gasteiger partial charge in [0, 0.05) is 20.3 Å². The fourth-order valence-corrected chi connectivity index (χ4v) is 2.72. The van der Waals surface area contributed by atoms with Crippen LogP contribution in [-0.4, -0.2) is 0 Å². The van der Waals surface area contributed by atoms with Gasteiger partial charge in [-0.2, -0.15) is 10.5 Å². The maximum atomic E-state index is 8.54. The summed E-state index contributed by atoms with van der Waals surface area (Å²) >= 11 is 14.9. The van der Waals surface area contributed by atoms with E-state index in [1.54, 1.807) is 30.3 Å². The number of azide groups is 1. The molecule has 0 aliphatic heterocycles. The van der Waals surface area contributed by atoms with Gasteiger partial charge in [0.15, 0.2) is 0 Å². The van der Waals surface area contributed by atoms with Crippen molar-refractivity contribution in [1.29, 1.82) is 10.5 Å². The summed E-state index contributed by atoms with van der Waals surface area (Å²) in [5, 5.41) is 22.2. The Balaban J connectivity index is 0.000000243. The summed E-state index contributed by atoms with van der Waals surface area (Å²) < 4.78 is 0. The van der Waals surface area contributed by atoms with Crippen LogP contribution in [0.25, 0.3) is 10.4 Å². The molecule has 0 aliphatic rings. The molecule has 0 atom stereocenters. The topological polar surface area (TPSA) is 96.3 Å². The zero-order valence-corrected chi connectivity index (χ0v) is 15.3. The second kappa shape index (κ2) is 10.5. The highest BCUT2D eigenvalue weighted by Crippen LogP contribution is 2.20. The van der Waals surface area contributed by atoms with Gasteiger partial charge in [-0.1, -0.05) is 56.4 Å². The van der Waals surface area contributed by atoms with Crippen molar-refractivity contribution in [2.45, 2.75) is 11.9 Å². The first-order valence-corrected chi connectivity index (χ1v) is 8.37. The van der Waals surface area contributed by atoms with Crippen molar-refractivity contribution in [3.63, 3.8) is 0 Å². The molecule has 0 aromatic heterocycles.